The van der Waals surface area contributed by atoms with E-state index in [-0.39, 0.29) is 5.91 Å². The van der Waals surface area contributed by atoms with Gasteiger partial charge in [0.25, 0.3) is 0 Å². The molecular weight excluding hydrogens is 326 g/mol. The molecule has 6 nitrogen and oxygen atoms in total. The van der Waals surface area contributed by atoms with Crippen LogP contribution in [0.15, 0.2) is 29.6 Å². The minimum absolute atomic E-state index is 0.0568. The second-order valence-corrected chi connectivity index (χ2v) is 6.62. The highest BCUT2D eigenvalue weighted by molar-refractivity contribution is 7.14. The first-order chi connectivity index (χ1) is 11.4. The van der Waals surface area contributed by atoms with Crippen molar-refractivity contribution in [3.63, 3.8) is 0 Å². The van der Waals surface area contributed by atoms with Crippen molar-refractivity contribution in [2.24, 2.45) is 5.92 Å². The summed E-state index contributed by atoms with van der Waals surface area (Å²) in [6.07, 6.45) is -0.491. The molecule has 0 atom stereocenters. The Labute approximate surface area is 145 Å². The predicted octanol–water partition coefficient (Wildman–Crippen LogP) is 3.65. The van der Waals surface area contributed by atoms with Crippen LogP contribution in [0, 0.1) is 5.92 Å². The van der Waals surface area contributed by atoms with Crippen LogP contribution in [0.1, 0.15) is 26.3 Å². The Morgan fingerprint density at radius 2 is 1.96 bits per heavy atom. The molecule has 2 amide bonds. The second-order valence-electron chi connectivity index (χ2n) is 5.76. The fraction of sp³-hybridized carbons (Fsp3) is 0.353. The summed E-state index contributed by atoms with van der Waals surface area (Å²) in [7, 11) is 0. The molecule has 1 heterocycles. The lowest BCUT2D eigenvalue weighted by Crippen LogP contribution is -2.18. The molecule has 0 aliphatic heterocycles. The first kappa shape index (κ1) is 17.9. The monoisotopic (exact) mass is 347 g/mol. The molecule has 2 aromatic rings. The highest BCUT2D eigenvalue weighted by Crippen LogP contribution is 2.25. The van der Waals surface area contributed by atoms with E-state index in [0.29, 0.717) is 24.2 Å². The van der Waals surface area contributed by atoms with E-state index in [1.807, 2.05) is 43.5 Å². The summed E-state index contributed by atoms with van der Waals surface area (Å²) >= 11 is 1.35. The van der Waals surface area contributed by atoms with Crippen LogP contribution < -0.4 is 10.6 Å². The first-order valence-corrected chi connectivity index (χ1v) is 8.55. The summed E-state index contributed by atoms with van der Waals surface area (Å²) < 4.78 is 5.07. The molecule has 1 aromatic heterocycles. The van der Waals surface area contributed by atoms with Gasteiger partial charge < -0.3 is 10.1 Å². The van der Waals surface area contributed by atoms with Crippen molar-refractivity contribution < 1.29 is 14.3 Å². The van der Waals surface area contributed by atoms with Crippen molar-refractivity contribution in [3.05, 3.63) is 35.2 Å². The van der Waals surface area contributed by atoms with Crippen LogP contribution in [-0.2, 0) is 16.1 Å². The lowest BCUT2D eigenvalue weighted by atomic mass is 10.1. The Bertz CT molecular complexity index is 695. The number of nitrogens with one attached hydrogen (secondary N) is 2. The summed E-state index contributed by atoms with van der Waals surface area (Å²) in [6, 6.07) is 7.75. The largest absolute Gasteiger partial charge is 0.449 e. The van der Waals surface area contributed by atoms with Crippen LogP contribution in [0.3, 0.4) is 0 Å². The smallest absolute Gasteiger partial charge is 0.413 e. The van der Waals surface area contributed by atoms with Crippen LogP contribution in [0.25, 0.3) is 11.3 Å². The van der Waals surface area contributed by atoms with Gasteiger partial charge in [0.05, 0.1) is 12.3 Å². The van der Waals surface area contributed by atoms with Gasteiger partial charge in [-0.1, -0.05) is 38.1 Å². The number of nitrogens with zero attached hydrogens (tertiary/aromatic N) is 1. The van der Waals surface area contributed by atoms with Gasteiger partial charge in [-0.3, -0.25) is 10.1 Å². The normalized spacial score (nSPS) is 10.5. The summed E-state index contributed by atoms with van der Waals surface area (Å²) in [5.74, 6) is 0.234. The van der Waals surface area contributed by atoms with E-state index in [4.69, 9.17) is 4.74 Å². The molecule has 0 saturated heterocycles. The SMILES string of the molecule is CC(=O)NCc1ccc(-c2csc(NC(=O)OCC(C)C)n2)cc1. The fourth-order valence-electron chi connectivity index (χ4n) is 1.85. The number of amides is 2. The van der Waals surface area contributed by atoms with E-state index >= 15 is 0 Å². The molecule has 128 valence electrons. The zero-order valence-electron chi connectivity index (χ0n) is 14.0. The number of anilines is 1. The number of benzene rings is 1. The van der Waals surface area contributed by atoms with E-state index in [0.717, 1.165) is 16.8 Å². The molecule has 2 rings (SSSR count). The number of ether oxygens (including phenoxy) is 1. The van der Waals surface area contributed by atoms with Crippen LogP contribution in [0.2, 0.25) is 0 Å². The predicted molar refractivity (Wildman–Crippen MR) is 94.9 cm³/mol. The molecule has 0 fully saturated rings. The van der Waals surface area contributed by atoms with Gasteiger partial charge in [-0.05, 0) is 11.5 Å². The summed E-state index contributed by atoms with van der Waals surface area (Å²) in [5.41, 5.74) is 2.74. The Morgan fingerprint density at radius 1 is 1.25 bits per heavy atom. The van der Waals surface area contributed by atoms with Crippen LogP contribution in [-0.4, -0.2) is 23.6 Å². The van der Waals surface area contributed by atoms with E-state index in [9.17, 15) is 9.59 Å². The van der Waals surface area contributed by atoms with E-state index in [2.05, 4.69) is 15.6 Å². The third kappa shape index (κ3) is 5.66. The molecule has 0 spiro atoms. The summed E-state index contributed by atoms with van der Waals surface area (Å²) in [6.45, 7) is 6.32. The number of hydrogen-bond acceptors (Lipinski definition) is 5. The number of thiazole rings is 1. The van der Waals surface area contributed by atoms with Crippen molar-refractivity contribution in [1.29, 1.82) is 0 Å². The third-order valence-electron chi connectivity index (χ3n) is 3.05. The van der Waals surface area contributed by atoms with Crippen LogP contribution >= 0.6 is 11.3 Å². The van der Waals surface area contributed by atoms with Gasteiger partial charge in [0.15, 0.2) is 5.13 Å². The maximum Gasteiger partial charge on any atom is 0.413 e. The average Bonchev–Trinajstić information content (AvgIpc) is 3.00. The Balaban J connectivity index is 1.94. The van der Waals surface area contributed by atoms with Crippen molar-refractivity contribution in [1.82, 2.24) is 10.3 Å². The highest BCUT2D eigenvalue weighted by atomic mass is 32.1. The van der Waals surface area contributed by atoms with Gasteiger partial charge in [0.1, 0.15) is 0 Å². The number of hydrogen-bond donors (Lipinski definition) is 2. The van der Waals surface area contributed by atoms with Crippen LogP contribution in [0.4, 0.5) is 9.93 Å². The van der Waals surface area contributed by atoms with Gasteiger partial charge in [0.2, 0.25) is 5.91 Å². The molecule has 0 aliphatic rings. The topological polar surface area (TPSA) is 80.3 Å². The minimum atomic E-state index is -0.491. The number of rotatable bonds is 6. The number of aromatic nitrogens is 1. The Kier molecular flexibility index (Phi) is 6.31. The zero-order valence-corrected chi connectivity index (χ0v) is 14.8. The van der Waals surface area contributed by atoms with E-state index in [1.165, 1.54) is 18.3 Å². The molecule has 1 aromatic carbocycles. The average molecular weight is 347 g/mol. The molecule has 0 bridgehead atoms. The van der Waals surface area contributed by atoms with Gasteiger partial charge >= 0.3 is 6.09 Å². The quantitative estimate of drug-likeness (QED) is 0.836. The van der Waals surface area contributed by atoms with Gasteiger partial charge in [-0.2, -0.15) is 0 Å². The van der Waals surface area contributed by atoms with Crippen molar-refractivity contribution in [2.75, 3.05) is 11.9 Å². The molecular formula is C17H21N3O3S. The fourth-order valence-corrected chi connectivity index (χ4v) is 2.55. The standard InChI is InChI=1S/C17H21N3O3S/c1-11(2)9-23-17(22)20-16-19-15(10-24-16)14-6-4-13(5-7-14)8-18-12(3)21/h4-7,10-11H,8-9H2,1-3H3,(H,18,21)(H,19,20,22). The second kappa shape index (κ2) is 8.44. The maximum absolute atomic E-state index is 11.6. The Morgan fingerprint density at radius 3 is 2.58 bits per heavy atom. The molecule has 0 radical (unpaired) electrons. The lowest BCUT2D eigenvalue weighted by molar-refractivity contribution is -0.119. The molecule has 0 unspecified atom stereocenters. The van der Waals surface area contributed by atoms with Gasteiger partial charge in [-0.25, -0.2) is 9.78 Å². The van der Waals surface area contributed by atoms with Gasteiger partial charge in [-0.15, -0.1) is 11.3 Å². The molecule has 24 heavy (non-hydrogen) atoms. The molecule has 0 aliphatic carbocycles. The van der Waals surface area contributed by atoms with Gasteiger partial charge in [0, 0.05) is 24.4 Å². The maximum atomic E-state index is 11.6. The van der Waals surface area contributed by atoms with Crippen LogP contribution in [0.5, 0.6) is 0 Å². The number of carbonyl (C=O) groups excluding carboxylic acids is 2. The highest BCUT2D eigenvalue weighted by Gasteiger charge is 2.09. The Hall–Kier alpha value is -2.41. The van der Waals surface area contributed by atoms with Crippen molar-refractivity contribution in [2.45, 2.75) is 27.3 Å². The van der Waals surface area contributed by atoms with E-state index in [1.54, 1.807) is 0 Å². The lowest BCUT2D eigenvalue weighted by Gasteiger charge is -2.06. The summed E-state index contributed by atoms with van der Waals surface area (Å²) in [5, 5.41) is 7.76. The van der Waals surface area contributed by atoms with E-state index < -0.39 is 6.09 Å². The first-order valence-electron chi connectivity index (χ1n) is 7.67. The molecule has 7 heteroatoms. The minimum Gasteiger partial charge on any atom is -0.449 e. The third-order valence-corrected chi connectivity index (χ3v) is 3.81. The summed E-state index contributed by atoms with van der Waals surface area (Å²) in [4.78, 5) is 26.9. The van der Waals surface area contributed by atoms with Crippen molar-refractivity contribution in [3.8, 4) is 11.3 Å². The molecule has 2 N–H and O–H groups in total. The van der Waals surface area contributed by atoms with Crippen molar-refractivity contribution >= 4 is 28.5 Å². The number of carbonyl (C=O) groups is 2. The zero-order chi connectivity index (χ0) is 17.5. The molecule has 0 saturated carbocycles.